The summed E-state index contributed by atoms with van der Waals surface area (Å²) in [5.41, 5.74) is 1.87. The molecule has 4 N–H and O–H groups in total. The molecule has 1 saturated carbocycles. The molecule has 2 atom stereocenters. The number of carbonyl (C=O) groups is 1. The first-order valence-corrected chi connectivity index (χ1v) is 6.95. The van der Waals surface area contributed by atoms with Gasteiger partial charge in [0.05, 0.1) is 11.7 Å². The molecular formula is C14H21FN4O2. The third-order valence-corrected chi connectivity index (χ3v) is 4.12. The van der Waals surface area contributed by atoms with Crippen molar-refractivity contribution in [3.63, 3.8) is 0 Å². The van der Waals surface area contributed by atoms with E-state index in [1.54, 1.807) is 0 Å². The highest BCUT2D eigenvalue weighted by Gasteiger charge is 2.49. The fraction of sp³-hybridized carbons (Fsp3) is 0.571. The molecular weight excluding hydrogens is 275 g/mol. The first-order valence-electron chi connectivity index (χ1n) is 6.95. The third kappa shape index (κ3) is 2.84. The van der Waals surface area contributed by atoms with Gasteiger partial charge >= 0.3 is 0 Å². The summed E-state index contributed by atoms with van der Waals surface area (Å²) < 4.78 is 19.6. The van der Waals surface area contributed by atoms with Gasteiger partial charge in [-0.25, -0.2) is 15.2 Å². The molecule has 1 aliphatic carbocycles. The van der Waals surface area contributed by atoms with Crippen molar-refractivity contribution in [1.29, 1.82) is 0 Å². The van der Waals surface area contributed by atoms with E-state index in [1.807, 2.05) is 20.8 Å². The van der Waals surface area contributed by atoms with Crippen LogP contribution in [0.3, 0.4) is 0 Å². The number of hydrogen-bond acceptors (Lipinski definition) is 5. The number of anilines is 1. The van der Waals surface area contributed by atoms with Crippen LogP contribution < -0.4 is 16.6 Å². The number of aromatic nitrogens is 1. The molecule has 1 amide bonds. The molecule has 0 bridgehead atoms. The number of carbonyl (C=O) groups excluding carboxylic acids is 1. The number of nitrogens with one attached hydrogen (secondary N) is 2. The van der Waals surface area contributed by atoms with Gasteiger partial charge in [-0.15, -0.1) is 0 Å². The number of halogens is 1. The molecule has 1 fully saturated rings. The van der Waals surface area contributed by atoms with E-state index in [0.29, 0.717) is 6.61 Å². The monoisotopic (exact) mass is 296 g/mol. The molecule has 0 aliphatic heterocycles. The normalized spacial score (nSPS) is 23.3. The van der Waals surface area contributed by atoms with Gasteiger partial charge in [-0.3, -0.25) is 4.79 Å². The van der Waals surface area contributed by atoms with Gasteiger partial charge in [0.15, 0.2) is 11.6 Å². The smallest absolute Gasteiger partial charge is 0.254 e. The van der Waals surface area contributed by atoms with Crippen LogP contribution >= 0.6 is 0 Å². The molecule has 6 nitrogen and oxygen atoms in total. The van der Waals surface area contributed by atoms with Gasteiger partial charge < -0.3 is 15.5 Å². The zero-order valence-electron chi connectivity index (χ0n) is 12.4. The summed E-state index contributed by atoms with van der Waals surface area (Å²) in [5, 5.41) is 2.85. The summed E-state index contributed by atoms with van der Waals surface area (Å²) in [7, 11) is 0. The van der Waals surface area contributed by atoms with Crippen molar-refractivity contribution >= 4 is 11.7 Å². The van der Waals surface area contributed by atoms with E-state index in [4.69, 9.17) is 10.6 Å². The molecule has 1 heterocycles. The molecule has 2 rings (SSSR count). The molecule has 0 spiro atoms. The number of amides is 1. The molecule has 1 aromatic heterocycles. The quantitative estimate of drug-likeness (QED) is 0.565. The van der Waals surface area contributed by atoms with Crippen molar-refractivity contribution < 1.29 is 13.9 Å². The van der Waals surface area contributed by atoms with Crippen LogP contribution in [0.25, 0.3) is 0 Å². The molecule has 2 unspecified atom stereocenters. The van der Waals surface area contributed by atoms with Crippen LogP contribution in [0.1, 0.15) is 37.6 Å². The summed E-state index contributed by atoms with van der Waals surface area (Å²) in [4.78, 5) is 15.9. The highest BCUT2D eigenvalue weighted by Crippen LogP contribution is 2.42. The van der Waals surface area contributed by atoms with Gasteiger partial charge in [0, 0.05) is 24.3 Å². The topological polar surface area (TPSA) is 89.3 Å². The zero-order valence-corrected chi connectivity index (χ0v) is 12.4. The van der Waals surface area contributed by atoms with Crippen molar-refractivity contribution in [2.45, 2.75) is 39.3 Å². The Hall–Kier alpha value is -1.73. The number of hydrogen-bond donors (Lipinski definition) is 3. The third-order valence-electron chi connectivity index (χ3n) is 4.12. The number of nitrogens with zero attached hydrogens (tertiary/aromatic N) is 1. The van der Waals surface area contributed by atoms with Crippen LogP contribution in [0.4, 0.5) is 10.2 Å². The second-order valence-electron chi connectivity index (χ2n) is 5.69. The van der Waals surface area contributed by atoms with Crippen LogP contribution in [0.5, 0.6) is 0 Å². The average molecular weight is 296 g/mol. The Morgan fingerprint density at radius 2 is 2.33 bits per heavy atom. The largest absolute Gasteiger partial charge is 0.378 e. The lowest BCUT2D eigenvalue weighted by atomic mass is 9.64. The Labute approximate surface area is 123 Å². The first-order chi connectivity index (χ1) is 9.91. The predicted molar refractivity (Wildman–Crippen MR) is 77.1 cm³/mol. The van der Waals surface area contributed by atoms with E-state index in [1.165, 1.54) is 12.3 Å². The van der Waals surface area contributed by atoms with E-state index in [0.717, 1.165) is 6.42 Å². The summed E-state index contributed by atoms with van der Waals surface area (Å²) in [5.74, 6) is 3.78. The van der Waals surface area contributed by atoms with Crippen LogP contribution in [0, 0.1) is 11.2 Å². The standard InChI is InChI=1S/C14H21FN4O2/c1-4-21-10-7-9(14(10,2)3)18-13(20)8-5-6-17-12(19-16)11(8)15/h5-6,9-10H,4,7,16H2,1-3H3,(H,17,19)(H,18,20). The predicted octanol–water partition coefficient (Wildman–Crippen LogP) is 1.44. The van der Waals surface area contributed by atoms with Gasteiger partial charge in [0.25, 0.3) is 5.91 Å². The maximum Gasteiger partial charge on any atom is 0.254 e. The van der Waals surface area contributed by atoms with Gasteiger partial charge in [0.1, 0.15) is 0 Å². The second kappa shape index (κ2) is 5.95. The molecule has 116 valence electrons. The zero-order chi connectivity index (χ0) is 15.6. The summed E-state index contributed by atoms with van der Waals surface area (Å²) in [6.07, 6.45) is 2.17. The second-order valence-corrected chi connectivity index (χ2v) is 5.69. The number of nitrogens with two attached hydrogens (primary N) is 1. The number of rotatable bonds is 5. The Morgan fingerprint density at radius 1 is 1.62 bits per heavy atom. The van der Waals surface area contributed by atoms with E-state index in [-0.39, 0.29) is 28.9 Å². The van der Waals surface area contributed by atoms with Gasteiger partial charge in [0.2, 0.25) is 0 Å². The van der Waals surface area contributed by atoms with E-state index >= 15 is 0 Å². The fourth-order valence-electron chi connectivity index (χ4n) is 2.57. The molecule has 1 aromatic rings. The van der Waals surface area contributed by atoms with Crippen LogP contribution in [0.15, 0.2) is 12.3 Å². The Morgan fingerprint density at radius 3 is 2.90 bits per heavy atom. The van der Waals surface area contributed by atoms with E-state index in [2.05, 4.69) is 15.7 Å². The molecule has 21 heavy (non-hydrogen) atoms. The molecule has 7 heteroatoms. The minimum absolute atomic E-state index is 0.0524. The lowest BCUT2D eigenvalue weighted by molar-refractivity contribution is -0.111. The molecule has 0 saturated heterocycles. The van der Waals surface area contributed by atoms with Crippen LogP contribution in [0.2, 0.25) is 0 Å². The van der Waals surface area contributed by atoms with Gasteiger partial charge in [-0.2, -0.15) is 0 Å². The number of pyridine rings is 1. The molecule has 0 radical (unpaired) electrons. The van der Waals surface area contributed by atoms with Crippen molar-refractivity contribution in [1.82, 2.24) is 10.3 Å². The number of nitrogen functional groups attached to an aromatic ring is 1. The SMILES string of the molecule is CCOC1CC(NC(=O)c2ccnc(NN)c2F)C1(C)C. The highest BCUT2D eigenvalue weighted by molar-refractivity contribution is 5.95. The van der Waals surface area contributed by atoms with Gasteiger partial charge in [-0.1, -0.05) is 13.8 Å². The molecule has 1 aliphatic rings. The average Bonchev–Trinajstić information content (AvgIpc) is 2.46. The number of hydrazine groups is 1. The first kappa shape index (κ1) is 15.7. The fourth-order valence-corrected chi connectivity index (χ4v) is 2.57. The van der Waals surface area contributed by atoms with Crippen molar-refractivity contribution in [2.75, 3.05) is 12.0 Å². The minimum atomic E-state index is -0.754. The lowest BCUT2D eigenvalue weighted by Crippen LogP contribution is -2.62. The van der Waals surface area contributed by atoms with E-state index in [9.17, 15) is 9.18 Å². The maximum atomic E-state index is 14.0. The Balaban J connectivity index is 2.07. The van der Waals surface area contributed by atoms with Crippen LogP contribution in [-0.2, 0) is 4.74 Å². The summed E-state index contributed by atoms with van der Waals surface area (Å²) in [6, 6.07) is 1.28. The van der Waals surface area contributed by atoms with Crippen molar-refractivity contribution in [3.8, 4) is 0 Å². The van der Waals surface area contributed by atoms with Crippen LogP contribution in [-0.4, -0.2) is 29.6 Å². The minimum Gasteiger partial charge on any atom is -0.378 e. The number of ether oxygens (including phenoxy) is 1. The summed E-state index contributed by atoms with van der Waals surface area (Å²) >= 11 is 0. The van der Waals surface area contributed by atoms with Crippen molar-refractivity contribution in [2.24, 2.45) is 11.3 Å². The van der Waals surface area contributed by atoms with E-state index < -0.39 is 11.7 Å². The molecule has 0 aromatic carbocycles. The Kier molecular flexibility index (Phi) is 4.43. The summed E-state index contributed by atoms with van der Waals surface area (Å²) in [6.45, 7) is 6.63. The van der Waals surface area contributed by atoms with Gasteiger partial charge in [-0.05, 0) is 19.4 Å². The maximum absolute atomic E-state index is 14.0. The van der Waals surface area contributed by atoms with Crippen molar-refractivity contribution in [3.05, 3.63) is 23.6 Å². The lowest BCUT2D eigenvalue weighted by Gasteiger charge is -2.51. The highest BCUT2D eigenvalue weighted by atomic mass is 19.1. The Bertz CT molecular complexity index is 536.